The molecule has 1 rings (SSSR count). The van der Waals surface area contributed by atoms with Gasteiger partial charge in [0, 0.05) is 11.9 Å². The maximum Gasteiger partial charge on any atom is 0.0406 e. The third-order valence-corrected chi connectivity index (χ3v) is 1.64. The summed E-state index contributed by atoms with van der Waals surface area (Å²) in [6.07, 6.45) is 6.30. The molecule has 1 N–H and O–H groups in total. The maximum absolute atomic E-state index is 3.17. The summed E-state index contributed by atoms with van der Waals surface area (Å²) in [6, 6.07) is 2.08. The van der Waals surface area contributed by atoms with Crippen molar-refractivity contribution >= 4 is 6.08 Å². The Labute approximate surface area is 68.1 Å². The number of aryl methyl sites for hydroxylation is 1. The van der Waals surface area contributed by atoms with Gasteiger partial charge in [0.05, 0.1) is 0 Å². The third kappa shape index (κ3) is 2.26. The van der Waals surface area contributed by atoms with Crippen LogP contribution < -0.4 is 0 Å². The van der Waals surface area contributed by atoms with Crippen molar-refractivity contribution in [2.24, 2.45) is 5.92 Å². The van der Waals surface area contributed by atoms with Crippen LogP contribution in [0.15, 0.2) is 18.3 Å². The molecule has 0 amide bonds. The standard InChI is InChI=1S/C10H15N/c1-8(2)4-5-10-9(3)6-7-11-10/h4-8,11H,1-3H3/b5-4+. The van der Waals surface area contributed by atoms with E-state index < -0.39 is 0 Å². The number of aromatic amines is 1. The molecule has 0 atom stereocenters. The minimum Gasteiger partial charge on any atom is -0.361 e. The van der Waals surface area contributed by atoms with Gasteiger partial charge in [-0.2, -0.15) is 0 Å². The number of allylic oxidation sites excluding steroid dienone is 1. The molecule has 0 fully saturated rings. The first-order valence-electron chi connectivity index (χ1n) is 4.02. The van der Waals surface area contributed by atoms with Gasteiger partial charge in [0.2, 0.25) is 0 Å². The highest BCUT2D eigenvalue weighted by molar-refractivity contribution is 5.49. The summed E-state index contributed by atoms with van der Waals surface area (Å²) in [6.45, 7) is 6.46. The normalized spacial score (nSPS) is 11.6. The number of nitrogens with one attached hydrogen (secondary N) is 1. The molecule has 0 radical (unpaired) electrons. The number of hydrogen-bond acceptors (Lipinski definition) is 0. The van der Waals surface area contributed by atoms with Gasteiger partial charge in [-0.05, 0) is 30.5 Å². The Hall–Kier alpha value is -0.980. The van der Waals surface area contributed by atoms with Crippen molar-refractivity contribution in [3.63, 3.8) is 0 Å². The van der Waals surface area contributed by atoms with Crippen LogP contribution in [0.4, 0.5) is 0 Å². The number of aromatic nitrogens is 1. The van der Waals surface area contributed by atoms with Crippen LogP contribution in [-0.4, -0.2) is 4.98 Å². The Morgan fingerprint density at radius 1 is 1.45 bits per heavy atom. The predicted molar refractivity (Wildman–Crippen MR) is 49.4 cm³/mol. The highest BCUT2D eigenvalue weighted by Gasteiger charge is 1.92. The number of rotatable bonds is 2. The second-order valence-corrected chi connectivity index (χ2v) is 3.18. The summed E-state index contributed by atoms with van der Waals surface area (Å²) in [5.41, 5.74) is 2.53. The van der Waals surface area contributed by atoms with E-state index in [0.29, 0.717) is 5.92 Å². The fraction of sp³-hybridized carbons (Fsp3) is 0.400. The van der Waals surface area contributed by atoms with Crippen molar-refractivity contribution in [2.45, 2.75) is 20.8 Å². The van der Waals surface area contributed by atoms with E-state index in [1.54, 1.807) is 0 Å². The third-order valence-electron chi connectivity index (χ3n) is 1.64. The summed E-state index contributed by atoms with van der Waals surface area (Å²) in [5, 5.41) is 0. The van der Waals surface area contributed by atoms with Crippen LogP contribution in [-0.2, 0) is 0 Å². The van der Waals surface area contributed by atoms with Crippen LogP contribution in [0.5, 0.6) is 0 Å². The van der Waals surface area contributed by atoms with Crippen LogP contribution in [0.3, 0.4) is 0 Å². The zero-order valence-corrected chi connectivity index (χ0v) is 7.39. The summed E-state index contributed by atoms with van der Waals surface area (Å²) >= 11 is 0. The van der Waals surface area contributed by atoms with Gasteiger partial charge in [-0.15, -0.1) is 0 Å². The lowest BCUT2D eigenvalue weighted by Crippen LogP contribution is -1.79. The predicted octanol–water partition coefficient (Wildman–Crippen LogP) is 2.99. The molecule has 0 aromatic carbocycles. The van der Waals surface area contributed by atoms with Gasteiger partial charge in [-0.3, -0.25) is 0 Å². The highest BCUT2D eigenvalue weighted by atomic mass is 14.7. The van der Waals surface area contributed by atoms with Gasteiger partial charge in [0.25, 0.3) is 0 Å². The van der Waals surface area contributed by atoms with Crippen LogP contribution >= 0.6 is 0 Å². The van der Waals surface area contributed by atoms with Gasteiger partial charge in [0.15, 0.2) is 0 Å². The first-order valence-corrected chi connectivity index (χ1v) is 4.02. The van der Waals surface area contributed by atoms with E-state index in [9.17, 15) is 0 Å². The second kappa shape index (κ2) is 3.42. The molecule has 0 spiro atoms. The fourth-order valence-electron chi connectivity index (χ4n) is 0.928. The van der Waals surface area contributed by atoms with Gasteiger partial charge in [-0.1, -0.05) is 19.9 Å². The SMILES string of the molecule is Cc1cc[nH]c1/C=C/C(C)C. The van der Waals surface area contributed by atoms with Crippen molar-refractivity contribution < 1.29 is 0 Å². The molecule has 0 saturated heterocycles. The van der Waals surface area contributed by atoms with E-state index >= 15 is 0 Å². The molecule has 1 heterocycles. The minimum absolute atomic E-state index is 0.623. The van der Waals surface area contributed by atoms with E-state index in [1.807, 2.05) is 6.20 Å². The van der Waals surface area contributed by atoms with Crippen molar-refractivity contribution in [2.75, 3.05) is 0 Å². The summed E-state index contributed by atoms with van der Waals surface area (Å²) in [5.74, 6) is 0.623. The van der Waals surface area contributed by atoms with E-state index in [2.05, 4.69) is 44.0 Å². The zero-order chi connectivity index (χ0) is 8.27. The van der Waals surface area contributed by atoms with Crippen LogP contribution in [0.2, 0.25) is 0 Å². The molecular formula is C10H15N. The van der Waals surface area contributed by atoms with E-state index in [4.69, 9.17) is 0 Å². The Kier molecular flexibility index (Phi) is 2.53. The Morgan fingerprint density at radius 2 is 2.18 bits per heavy atom. The number of H-pyrrole nitrogens is 1. The topological polar surface area (TPSA) is 15.8 Å². The average molecular weight is 149 g/mol. The Bertz CT molecular complexity index is 243. The molecule has 60 valence electrons. The monoisotopic (exact) mass is 149 g/mol. The molecule has 1 aromatic heterocycles. The van der Waals surface area contributed by atoms with Crippen molar-refractivity contribution in [1.29, 1.82) is 0 Å². The average Bonchev–Trinajstić information content (AvgIpc) is 2.31. The van der Waals surface area contributed by atoms with Gasteiger partial charge in [0.1, 0.15) is 0 Å². The van der Waals surface area contributed by atoms with E-state index in [1.165, 1.54) is 11.3 Å². The first kappa shape index (κ1) is 8.12. The van der Waals surface area contributed by atoms with Crippen LogP contribution in [0, 0.1) is 12.8 Å². The van der Waals surface area contributed by atoms with E-state index in [0.717, 1.165) is 0 Å². The van der Waals surface area contributed by atoms with Crippen molar-refractivity contribution in [3.8, 4) is 0 Å². The lowest BCUT2D eigenvalue weighted by Gasteiger charge is -1.93. The Morgan fingerprint density at radius 3 is 2.64 bits per heavy atom. The quantitative estimate of drug-likeness (QED) is 0.665. The molecule has 1 nitrogen and oxygen atoms in total. The van der Waals surface area contributed by atoms with Crippen LogP contribution in [0.25, 0.3) is 6.08 Å². The fourth-order valence-corrected chi connectivity index (χ4v) is 0.928. The van der Waals surface area contributed by atoms with Gasteiger partial charge < -0.3 is 4.98 Å². The molecule has 0 aliphatic rings. The molecule has 0 aliphatic carbocycles. The molecule has 11 heavy (non-hydrogen) atoms. The molecule has 0 aliphatic heterocycles. The molecule has 1 heteroatoms. The lowest BCUT2D eigenvalue weighted by molar-refractivity contribution is 0.836. The molecule has 0 bridgehead atoms. The maximum atomic E-state index is 3.17. The molecule has 0 unspecified atom stereocenters. The second-order valence-electron chi connectivity index (χ2n) is 3.18. The summed E-state index contributed by atoms with van der Waals surface area (Å²) in [4.78, 5) is 3.17. The van der Waals surface area contributed by atoms with Crippen molar-refractivity contribution in [1.82, 2.24) is 4.98 Å². The van der Waals surface area contributed by atoms with Gasteiger partial charge in [-0.25, -0.2) is 0 Å². The lowest BCUT2D eigenvalue weighted by atomic mass is 10.2. The largest absolute Gasteiger partial charge is 0.361 e. The number of hydrogen-bond donors (Lipinski definition) is 1. The smallest absolute Gasteiger partial charge is 0.0406 e. The van der Waals surface area contributed by atoms with E-state index in [-0.39, 0.29) is 0 Å². The van der Waals surface area contributed by atoms with Crippen molar-refractivity contribution in [3.05, 3.63) is 29.6 Å². The Balaban J connectivity index is 2.71. The minimum atomic E-state index is 0.623. The van der Waals surface area contributed by atoms with Gasteiger partial charge >= 0.3 is 0 Å². The summed E-state index contributed by atoms with van der Waals surface area (Å²) < 4.78 is 0. The first-order chi connectivity index (χ1) is 5.20. The highest BCUT2D eigenvalue weighted by Crippen LogP contribution is 2.08. The van der Waals surface area contributed by atoms with Crippen LogP contribution in [0.1, 0.15) is 25.1 Å². The zero-order valence-electron chi connectivity index (χ0n) is 7.39. The molecular weight excluding hydrogens is 134 g/mol. The summed E-state index contributed by atoms with van der Waals surface area (Å²) in [7, 11) is 0. The molecule has 0 saturated carbocycles. The molecule has 1 aromatic rings.